The number of rotatable bonds is 5. The van der Waals surface area contributed by atoms with Gasteiger partial charge in [-0.2, -0.15) is 0 Å². The Morgan fingerprint density at radius 3 is 2.79 bits per heavy atom. The molecule has 0 fully saturated rings. The Morgan fingerprint density at radius 2 is 2.05 bits per heavy atom. The minimum Gasteiger partial charge on any atom is -0.491 e. The summed E-state index contributed by atoms with van der Waals surface area (Å²) in [5, 5.41) is 0. The van der Waals surface area contributed by atoms with E-state index in [-0.39, 0.29) is 5.56 Å². The van der Waals surface area contributed by atoms with Gasteiger partial charge >= 0.3 is 0 Å². The predicted molar refractivity (Wildman–Crippen MR) is 75.3 cm³/mol. The van der Waals surface area contributed by atoms with Crippen molar-refractivity contribution in [3.8, 4) is 5.75 Å². The Labute approximate surface area is 112 Å². The molecule has 0 atom stereocenters. The summed E-state index contributed by atoms with van der Waals surface area (Å²) in [5.74, 6) is 0.783. The molecule has 0 spiro atoms. The molecule has 0 bridgehead atoms. The van der Waals surface area contributed by atoms with Crippen molar-refractivity contribution in [3.63, 3.8) is 0 Å². The van der Waals surface area contributed by atoms with Crippen molar-refractivity contribution in [1.29, 1.82) is 0 Å². The van der Waals surface area contributed by atoms with E-state index in [1.165, 1.54) is 0 Å². The lowest BCUT2D eigenvalue weighted by atomic mass is 10.2. The first kappa shape index (κ1) is 13.4. The Balaban J connectivity index is 1.98. The average Bonchev–Trinajstić information content (AvgIpc) is 2.42. The molecule has 0 radical (unpaired) electrons. The normalized spacial score (nSPS) is 10.4. The van der Waals surface area contributed by atoms with Crippen LogP contribution in [-0.4, -0.2) is 11.2 Å². The molecule has 2 rings (SSSR count). The third kappa shape index (κ3) is 3.45. The summed E-state index contributed by atoms with van der Waals surface area (Å²) in [4.78, 5) is 11.7. The van der Waals surface area contributed by atoms with Crippen LogP contribution in [0.15, 0.2) is 47.4 Å². The zero-order valence-electron chi connectivity index (χ0n) is 11.0. The Bertz CT molecular complexity index is 605. The smallest absolute Gasteiger partial charge is 0.250 e. The molecule has 0 saturated carbocycles. The van der Waals surface area contributed by atoms with Crippen LogP contribution in [0.1, 0.15) is 11.1 Å². The third-order valence-corrected chi connectivity index (χ3v) is 2.93. The number of para-hydroxylation sites is 1. The number of nitrogens with zero attached hydrogens (tertiary/aromatic N) is 1. The number of ether oxygens (including phenoxy) is 1. The molecule has 0 aliphatic rings. The summed E-state index contributed by atoms with van der Waals surface area (Å²) in [6.45, 7) is 3.32. The minimum atomic E-state index is -0.00397. The minimum absolute atomic E-state index is 0.00397. The second kappa shape index (κ2) is 6.20. The molecule has 1 aromatic carbocycles. The summed E-state index contributed by atoms with van der Waals surface area (Å²) < 4.78 is 7.31. The van der Waals surface area contributed by atoms with Crippen molar-refractivity contribution in [2.75, 3.05) is 6.61 Å². The first-order valence-electron chi connectivity index (χ1n) is 6.28. The van der Waals surface area contributed by atoms with Crippen LogP contribution in [0.25, 0.3) is 0 Å². The Morgan fingerprint density at radius 1 is 1.26 bits per heavy atom. The molecule has 0 aliphatic heterocycles. The van der Waals surface area contributed by atoms with Crippen LogP contribution in [-0.2, 0) is 13.1 Å². The summed E-state index contributed by atoms with van der Waals surface area (Å²) in [5.41, 5.74) is 7.57. The van der Waals surface area contributed by atoms with Gasteiger partial charge in [-0.15, -0.1) is 0 Å². The lowest BCUT2D eigenvalue weighted by Gasteiger charge is -2.11. The first-order chi connectivity index (χ1) is 9.20. The van der Waals surface area contributed by atoms with E-state index in [9.17, 15) is 4.79 Å². The maximum absolute atomic E-state index is 11.7. The molecule has 0 aliphatic carbocycles. The quantitative estimate of drug-likeness (QED) is 0.888. The summed E-state index contributed by atoms with van der Waals surface area (Å²) in [7, 11) is 0. The molecule has 1 heterocycles. The maximum atomic E-state index is 11.7. The maximum Gasteiger partial charge on any atom is 0.250 e. The molecule has 100 valence electrons. The Hall–Kier alpha value is -2.07. The zero-order chi connectivity index (χ0) is 13.7. The largest absolute Gasteiger partial charge is 0.491 e. The van der Waals surface area contributed by atoms with Crippen molar-refractivity contribution in [2.45, 2.75) is 20.0 Å². The van der Waals surface area contributed by atoms with Crippen LogP contribution in [0.5, 0.6) is 5.75 Å². The van der Waals surface area contributed by atoms with Gasteiger partial charge in [0.25, 0.3) is 5.56 Å². The number of hydrogen-bond donors (Lipinski definition) is 1. The topological polar surface area (TPSA) is 57.2 Å². The molecule has 0 amide bonds. The lowest BCUT2D eigenvalue weighted by Crippen LogP contribution is -2.22. The van der Waals surface area contributed by atoms with E-state index in [2.05, 4.69) is 0 Å². The number of aryl methyl sites for hydroxylation is 1. The summed E-state index contributed by atoms with van der Waals surface area (Å²) in [6.07, 6.45) is 1.79. The van der Waals surface area contributed by atoms with E-state index >= 15 is 0 Å². The van der Waals surface area contributed by atoms with E-state index < -0.39 is 0 Å². The molecule has 4 heteroatoms. The number of pyridine rings is 1. The molecule has 2 aromatic rings. The first-order valence-corrected chi connectivity index (χ1v) is 6.28. The number of aromatic nitrogens is 1. The molecular formula is C15H18N2O2. The fourth-order valence-electron chi connectivity index (χ4n) is 1.86. The number of benzene rings is 1. The van der Waals surface area contributed by atoms with Gasteiger partial charge < -0.3 is 15.0 Å². The van der Waals surface area contributed by atoms with E-state index in [4.69, 9.17) is 10.5 Å². The molecule has 19 heavy (non-hydrogen) atoms. The van der Waals surface area contributed by atoms with Crippen LogP contribution in [0.2, 0.25) is 0 Å². The van der Waals surface area contributed by atoms with Crippen molar-refractivity contribution in [1.82, 2.24) is 4.57 Å². The Kier molecular flexibility index (Phi) is 4.36. The van der Waals surface area contributed by atoms with Gasteiger partial charge in [-0.05, 0) is 24.6 Å². The highest BCUT2D eigenvalue weighted by molar-refractivity contribution is 5.32. The molecule has 1 aromatic heterocycles. The molecule has 4 nitrogen and oxygen atoms in total. The van der Waals surface area contributed by atoms with Gasteiger partial charge in [-0.25, -0.2) is 0 Å². The summed E-state index contributed by atoms with van der Waals surface area (Å²) >= 11 is 0. The van der Waals surface area contributed by atoms with Crippen LogP contribution >= 0.6 is 0 Å². The highest BCUT2D eigenvalue weighted by atomic mass is 16.5. The number of nitrogens with two attached hydrogens (primary N) is 1. The van der Waals surface area contributed by atoms with E-state index in [0.717, 1.165) is 16.9 Å². The molecule has 0 saturated heterocycles. The van der Waals surface area contributed by atoms with Gasteiger partial charge in [0.2, 0.25) is 0 Å². The highest BCUT2D eigenvalue weighted by Gasteiger charge is 2.01. The van der Waals surface area contributed by atoms with E-state index in [1.807, 2.05) is 37.3 Å². The van der Waals surface area contributed by atoms with Crippen molar-refractivity contribution in [2.24, 2.45) is 5.73 Å². The summed E-state index contributed by atoms with van der Waals surface area (Å²) in [6, 6.07) is 11.2. The lowest BCUT2D eigenvalue weighted by molar-refractivity contribution is 0.293. The van der Waals surface area contributed by atoms with Gasteiger partial charge in [-0.1, -0.05) is 18.2 Å². The SMILES string of the molecule is Cc1ccn(CCOc2ccccc2CN)c(=O)c1. The van der Waals surface area contributed by atoms with Crippen LogP contribution in [0.4, 0.5) is 0 Å². The fourth-order valence-corrected chi connectivity index (χ4v) is 1.86. The standard InChI is InChI=1S/C15H18N2O2/c1-12-6-7-17(15(18)10-12)8-9-19-14-5-3-2-4-13(14)11-16/h2-7,10H,8-9,11,16H2,1H3. The van der Waals surface area contributed by atoms with Crippen LogP contribution < -0.4 is 16.0 Å². The van der Waals surface area contributed by atoms with Gasteiger partial charge in [0.15, 0.2) is 0 Å². The van der Waals surface area contributed by atoms with Crippen LogP contribution in [0, 0.1) is 6.92 Å². The second-order valence-electron chi connectivity index (χ2n) is 4.40. The van der Waals surface area contributed by atoms with Gasteiger partial charge in [0.05, 0.1) is 6.54 Å². The number of hydrogen-bond acceptors (Lipinski definition) is 3. The molecule has 0 unspecified atom stereocenters. The fraction of sp³-hybridized carbons (Fsp3) is 0.267. The van der Waals surface area contributed by atoms with Crippen LogP contribution in [0.3, 0.4) is 0 Å². The van der Waals surface area contributed by atoms with Gasteiger partial charge in [0.1, 0.15) is 12.4 Å². The predicted octanol–water partition coefficient (Wildman–Crippen LogP) is 1.69. The molecule has 2 N–H and O–H groups in total. The second-order valence-corrected chi connectivity index (χ2v) is 4.40. The monoisotopic (exact) mass is 258 g/mol. The van der Waals surface area contributed by atoms with E-state index in [1.54, 1.807) is 16.8 Å². The van der Waals surface area contributed by atoms with Crippen molar-refractivity contribution >= 4 is 0 Å². The third-order valence-electron chi connectivity index (χ3n) is 2.93. The van der Waals surface area contributed by atoms with Gasteiger partial charge in [-0.3, -0.25) is 4.79 Å². The van der Waals surface area contributed by atoms with Crippen molar-refractivity contribution in [3.05, 3.63) is 64.1 Å². The zero-order valence-corrected chi connectivity index (χ0v) is 11.0. The highest BCUT2D eigenvalue weighted by Crippen LogP contribution is 2.16. The van der Waals surface area contributed by atoms with E-state index in [0.29, 0.717) is 19.7 Å². The average molecular weight is 258 g/mol. The molecular weight excluding hydrogens is 240 g/mol. The van der Waals surface area contributed by atoms with Crippen molar-refractivity contribution < 1.29 is 4.74 Å². The van der Waals surface area contributed by atoms with Gasteiger partial charge in [0, 0.05) is 24.4 Å².